The maximum Gasteiger partial charge on any atom is 0.135 e. The van der Waals surface area contributed by atoms with Crippen LogP contribution in [0.2, 0.25) is 0 Å². The Morgan fingerprint density at radius 2 is 1.57 bits per heavy atom. The van der Waals surface area contributed by atoms with E-state index in [2.05, 4.69) is 70.3 Å². The van der Waals surface area contributed by atoms with Crippen molar-refractivity contribution < 1.29 is 9.63 Å². The molecular formula is C17H14IO2P. The van der Waals surface area contributed by atoms with Crippen molar-refractivity contribution in [2.75, 3.05) is 6.61 Å². The molecular weight excluding hydrogens is 394 g/mol. The number of aliphatic hydroxyl groups excluding tert-OH is 1. The molecule has 1 N–H and O–H groups in total. The second-order valence-corrected chi connectivity index (χ2v) is 6.47. The molecule has 0 heterocycles. The van der Waals surface area contributed by atoms with Crippen LogP contribution in [0.3, 0.4) is 0 Å². The highest BCUT2D eigenvalue weighted by molar-refractivity contribution is 14.2. The van der Waals surface area contributed by atoms with Crippen molar-refractivity contribution in [1.82, 2.24) is 0 Å². The minimum absolute atomic E-state index is 0.119. The average Bonchev–Trinajstić information content (AvgIpc) is 2.80. The van der Waals surface area contributed by atoms with Crippen LogP contribution in [0.25, 0.3) is 11.1 Å². The number of hydrogen-bond acceptors (Lipinski definition) is 2. The first kappa shape index (κ1) is 15.0. The molecule has 1 atom stereocenters. The van der Waals surface area contributed by atoms with Crippen LogP contribution >= 0.6 is 28.5 Å². The highest BCUT2D eigenvalue weighted by Crippen LogP contribution is 2.54. The Bertz CT molecular complexity index is 672. The van der Waals surface area contributed by atoms with E-state index in [1.54, 1.807) is 0 Å². The van der Waals surface area contributed by atoms with E-state index < -0.39 is 5.60 Å². The summed E-state index contributed by atoms with van der Waals surface area (Å²) < 4.78 is 6.22. The summed E-state index contributed by atoms with van der Waals surface area (Å²) in [6.45, 7) is 0.219. The van der Waals surface area contributed by atoms with Crippen LogP contribution in [-0.4, -0.2) is 11.7 Å². The van der Waals surface area contributed by atoms with Gasteiger partial charge in [0.15, 0.2) is 0 Å². The summed E-state index contributed by atoms with van der Waals surface area (Å²) in [6.07, 6.45) is 0.553. The molecule has 2 nitrogen and oxygen atoms in total. The minimum Gasteiger partial charge on any atom is -0.384 e. The lowest BCUT2D eigenvalue weighted by Crippen LogP contribution is -2.25. The van der Waals surface area contributed by atoms with Gasteiger partial charge in [-0.25, -0.2) is 0 Å². The first-order chi connectivity index (χ1) is 10.3. The lowest BCUT2D eigenvalue weighted by atomic mass is 9.88. The summed E-state index contributed by atoms with van der Waals surface area (Å²) in [5.74, 6) is 5.81. The first-order valence-electron chi connectivity index (χ1n) is 6.63. The van der Waals surface area contributed by atoms with Gasteiger partial charge in [0, 0.05) is 6.42 Å². The molecule has 0 fully saturated rings. The monoisotopic (exact) mass is 408 g/mol. The smallest absolute Gasteiger partial charge is 0.135 e. The van der Waals surface area contributed by atoms with E-state index in [-0.39, 0.29) is 6.61 Å². The molecule has 0 bridgehead atoms. The fourth-order valence-corrected chi connectivity index (χ4v) is 4.48. The number of hydrogen-bond donors (Lipinski definition) is 1. The predicted octanol–water partition coefficient (Wildman–Crippen LogP) is 4.26. The summed E-state index contributed by atoms with van der Waals surface area (Å²) in [6, 6.07) is 16.7. The summed E-state index contributed by atoms with van der Waals surface area (Å²) in [5, 5.41) is 8.93. The van der Waals surface area contributed by atoms with Crippen molar-refractivity contribution in [3.05, 3.63) is 59.7 Å². The van der Waals surface area contributed by atoms with Gasteiger partial charge in [-0.3, -0.25) is 0 Å². The Kier molecular flexibility index (Phi) is 4.61. The number of rotatable bonds is 3. The third-order valence-corrected chi connectivity index (χ3v) is 4.85. The molecule has 1 unspecified atom stereocenters. The zero-order valence-corrected chi connectivity index (χ0v) is 14.4. The Balaban J connectivity index is 2.22. The van der Waals surface area contributed by atoms with Gasteiger partial charge < -0.3 is 9.63 Å². The van der Waals surface area contributed by atoms with Crippen LogP contribution < -0.4 is 0 Å². The molecule has 0 spiro atoms. The van der Waals surface area contributed by atoms with E-state index in [0.717, 1.165) is 0 Å². The van der Waals surface area contributed by atoms with E-state index in [4.69, 9.17) is 9.63 Å². The molecule has 1 aliphatic carbocycles. The maximum absolute atomic E-state index is 8.93. The summed E-state index contributed by atoms with van der Waals surface area (Å²) in [7, 11) is 0. The van der Waals surface area contributed by atoms with Crippen molar-refractivity contribution in [2.45, 2.75) is 12.0 Å². The van der Waals surface area contributed by atoms with Gasteiger partial charge in [0.1, 0.15) is 12.2 Å². The lowest BCUT2D eigenvalue weighted by Gasteiger charge is -2.29. The molecule has 3 rings (SSSR count). The summed E-state index contributed by atoms with van der Waals surface area (Å²) in [5.41, 5.74) is 4.25. The fraction of sp³-hybridized carbons (Fsp3) is 0.176. The minimum atomic E-state index is -0.519. The van der Waals surface area contributed by atoms with Gasteiger partial charge in [0.05, 0.1) is 6.45 Å². The second-order valence-electron chi connectivity index (χ2n) is 4.79. The average molecular weight is 408 g/mol. The Labute approximate surface area is 139 Å². The standard InChI is InChI=1S/C17H14IO2P/c18-21-20-17(11-5-6-12-19)15-9-3-1-7-13(15)14-8-2-4-10-16(14)17/h1-4,7-10,19,21H,11-12H2. The molecule has 21 heavy (non-hydrogen) atoms. The van der Waals surface area contributed by atoms with Gasteiger partial charge in [0.2, 0.25) is 0 Å². The Morgan fingerprint density at radius 3 is 2.10 bits per heavy atom. The third-order valence-electron chi connectivity index (χ3n) is 3.77. The van der Waals surface area contributed by atoms with Gasteiger partial charge in [0.25, 0.3) is 0 Å². The largest absolute Gasteiger partial charge is 0.384 e. The second kappa shape index (κ2) is 6.46. The van der Waals surface area contributed by atoms with Crippen molar-refractivity contribution >= 4 is 28.5 Å². The van der Waals surface area contributed by atoms with Crippen LogP contribution in [0.4, 0.5) is 0 Å². The fourth-order valence-electron chi connectivity index (χ4n) is 2.93. The summed E-state index contributed by atoms with van der Waals surface area (Å²) >= 11 is 2.25. The maximum atomic E-state index is 8.93. The molecule has 0 radical (unpaired) electrons. The van der Waals surface area contributed by atoms with Gasteiger partial charge in [-0.05, 0) is 44.3 Å². The van der Waals surface area contributed by atoms with E-state index in [1.165, 1.54) is 22.3 Å². The van der Waals surface area contributed by atoms with E-state index >= 15 is 0 Å². The Hall–Kier alpha value is -0.920. The number of fused-ring (bicyclic) bond motifs is 3. The van der Waals surface area contributed by atoms with Crippen LogP contribution in [0, 0.1) is 11.8 Å². The SMILES string of the molecule is OCC#CCC1(OPI)c2ccccc2-c2ccccc21. The normalized spacial score (nSPS) is 14.6. The van der Waals surface area contributed by atoms with Gasteiger partial charge in [-0.2, -0.15) is 0 Å². The molecule has 4 heteroatoms. The van der Waals surface area contributed by atoms with Gasteiger partial charge in [-0.1, -0.05) is 60.4 Å². The number of aliphatic hydroxyl groups is 1. The zero-order chi connectivity index (χ0) is 14.7. The molecule has 0 aliphatic heterocycles. The molecule has 0 saturated carbocycles. The van der Waals surface area contributed by atoms with Crippen LogP contribution in [0.15, 0.2) is 48.5 Å². The predicted molar refractivity (Wildman–Crippen MR) is 95.6 cm³/mol. The zero-order valence-electron chi connectivity index (χ0n) is 11.3. The van der Waals surface area contributed by atoms with Crippen molar-refractivity contribution in [3.63, 3.8) is 0 Å². The van der Waals surface area contributed by atoms with Crippen molar-refractivity contribution in [3.8, 4) is 23.0 Å². The first-order valence-corrected chi connectivity index (χ1v) is 10.7. The molecule has 106 valence electrons. The van der Waals surface area contributed by atoms with Crippen molar-refractivity contribution in [2.24, 2.45) is 0 Å². The highest BCUT2D eigenvalue weighted by atomic mass is 127. The molecule has 1 aliphatic rings. The van der Waals surface area contributed by atoms with Crippen LogP contribution in [0.1, 0.15) is 17.5 Å². The molecule has 2 aromatic carbocycles. The van der Waals surface area contributed by atoms with Crippen molar-refractivity contribution in [1.29, 1.82) is 0 Å². The molecule has 0 amide bonds. The van der Waals surface area contributed by atoms with E-state index in [9.17, 15) is 0 Å². The van der Waals surface area contributed by atoms with Gasteiger partial charge >= 0.3 is 0 Å². The van der Waals surface area contributed by atoms with E-state index in [0.29, 0.717) is 12.9 Å². The molecule has 0 saturated heterocycles. The van der Waals surface area contributed by atoms with Crippen LogP contribution in [0.5, 0.6) is 0 Å². The molecule has 0 aromatic heterocycles. The number of benzene rings is 2. The van der Waals surface area contributed by atoms with Gasteiger partial charge in [-0.15, -0.1) is 0 Å². The van der Waals surface area contributed by atoms with E-state index in [1.807, 2.05) is 12.1 Å². The van der Waals surface area contributed by atoms with Crippen LogP contribution in [-0.2, 0) is 10.1 Å². The Morgan fingerprint density at radius 1 is 1.00 bits per heavy atom. The highest BCUT2D eigenvalue weighted by Gasteiger charge is 2.43. The lowest BCUT2D eigenvalue weighted by molar-refractivity contribution is 0.152. The quantitative estimate of drug-likeness (QED) is 0.468. The third kappa shape index (κ3) is 2.51. The summed E-state index contributed by atoms with van der Waals surface area (Å²) in [4.78, 5) is 0. The topological polar surface area (TPSA) is 29.5 Å². The molecule has 2 aromatic rings. The number of halogens is 1.